The minimum Gasteiger partial charge on any atom is -0.431 e. The summed E-state index contributed by atoms with van der Waals surface area (Å²) in [7, 11) is 0. The third-order valence-electron chi connectivity index (χ3n) is 2.69. The number of para-hydroxylation sites is 2. The third kappa shape index (κ3) is 2.08. The molecule has 1 aliphatic rings. The van der Waals surface area contributed by atoms with Gasteiger partial charge in [0, 0.05) is 12.4 Å². The fourth-order valence-electron chi connectivity index (χ4n) is 1.85. The smallest absolute Gasteiger partial charge is 0.256 e. The van der Waals surface area contributed by atoms with Crippen molar-refractivity contribution in [2.24, 2.45) is 0 Å². The highest BCUT2D eigenvalue weighted by Crippen LogP contribution is 2.26. The fourth-order valence-corrected chi connectivity index (χ4v) is 2.76. The minimum atomic E-state index is 0.375. The maximum atomic E-state index is 5.62. The highest BCUT2D eigenvalue weighted by atomic mass is 32.2. The summed E-state index contributed by atoms with van der Waals surface area (Å²) in [5.41, 5.74) is 1.79. The predicted molar refractivity (Wildman–Crippen MR) is 63.7 cm³/mol. The lowest BCUT2D eigenvalue weighted by atomic mass is 10.3. The number of hydrogen-bond acceptors (Lipinski definition) is 4. The van der Waals surface area contributed by atoms with E-state index in [1.54, 1.807) is 11.8 Å². The first-order chi connectivity index (χ1) is 7.92. The lowest BCUT2D eigenvalue weighted by Gasteiger charge is -2.05. The van der Waals surface area contributed by atoms with Crippen LogP contribution in [0.4, 0.5) is 0 Å². The zero-order valence-corrected chi connectivity index (χ0v) is 9.70. The Hall–Kier alpha value is -1.00. The molecule has 3 rings (SSSR count). The van der Waals surface area contributed by atoms with Gasteiger partial charge < -0.3 is 9.15 Å². The molecular weight excluding hydrogens is 222 g/mol. The van der Waals surface area contributed by atoms with Crippen molar-refractivity contribution >= 4 is 22.9 Å². The molecule has 0 bridgehead atoms. The molecule has 84 valence electrons. The zero-order valence-electron chi connectivity index (χ0n) is 8.89. The zero-order chi connectivity index (χ0) is 10.8. The van der Waals surface area contributed by atoms with Crippen LogP contribution in [-0.2, 0) is 4.74 Å². The number of thioether (sulfide) groups is 1. The summed E-state index contributed by atoms with van der Waals surface area (Å²) in [6.45, 7) is 0.902. The van der Waals surface area contributed by atoms with Crippen LogP contribution < -0.4 is 0 Å². The predicted octanol–water partition coefficient (Wildman–Crippen LogP) is 3.10. The second-order valence-electron chi connectivity index (χ2n) is 3.89. The number of ether oxygens (including phenoxy) is 1. The average Bonchev–Trinajstić information content (AvgIpc) is 2.95. The molecule has 1 aromatic heterocycles. The molecule has 16 heavy (non-hydrogen) atoms. The van der Waals surface area contributed by atoms with Gasteiger partial charge in [0.15, 0.2) is 5.58 Å². The van der Waals surface area contributed by atoms with Crippen LogP contribution in [-0.4, -0.2) is 23.4 Å². The summed E-state index contributed by atoms with van der Waals surface area (Å²) in [5.74, 6) is 0.937. The second-order valence-corrected chi connectivity index (χ2v) is 4.86. The molecule has 1 atom stereocenters. The first kappa shape index (κ1) is 10.2. The number of oxazole rings is 1. The van der Waals surface area contributed by atoms with Gasteiger partial charge in [0.05, 0.1) is 6.10 Å². The first-order valence-electron chi connectivity index (χ1n) is 5.52. The minimum absolute atomic E-state index is 0.375. The lowest BCUT2D eigenvalue weighted by Crippen LogP contribution is -2.07. The molecule has 1 unspecified atom stereocenters. The van der Waals surface area contributed by atoms with E-state index in [-0.39, 0.29) is 0 Å². The van der Waals surface area contributed by atoms with Crippen molar-refractivity contribution in [1.82, 2.24) is 4.98 Å². The van der Waals surface area contributed by atoms with Crippen molar-refractivity contribution in [1.29, 1.82) is 0 Å². The Morgan fingerprint density at radius 1 is 1.38 bits per heavy atom. The molecule has 3 nitrogen and oxygen atoms in total. The average molecular weight is 235 g/mol. The normalized spacial score (nSPS) is 20.6. The summed E-state index contributed by atoms with van der Waals surface area (Å²) in [4.78, 5) is 4.41. The van der Waals surface area contributed by atoms with Crippen LogP contribution >= 0.6 is 11.8 Å². The van der Waals surface area contributed by atoms with E-state index in [1.165, 1.54) is 6.42 Å². The Balaban J connectivity index is 1.69. The molecule has 1 aliphatic heterocycles. The summed E-state index contributed by atoms with van der Waals surface area (Å²) in [6, 6.07) is 7.84. The quantitative estimate of drug-likeness (QED) is 0.766. The van der Waals surface area contributed by atoms with Crippen molar-refractivity contribution in [2.45, 2.75) is 24.2 Å². The highest BCUT2D eigenvalue weighted by Gasteiger charge is 2.17. The second kappa shape index (κ2) is 4.47. The Morgan fingerprint density at radius 2 is 2.31 bits per heavy atom. The summed E-state index contributed by atoms with van der Waals surface area (Å²) in [6.07, 6.45) is 2.71. The number of nitrogens with zero attached hydrogens (tertiary/aromatic N) is 1. The van der Waals surface area contributed by atoms with Crippen LogP contribution in [0.15, 0.2) is 33.9 Å². The van der Waals surface area contributed by atoms with Crippen molar-refractivity contribution < 1.29 is 9.15 Å². The molecule has 0 N–H and O–H groups in total. The number of aromatic nitrogens is 1. The largest absolute Gasteiger partial charge is 0.431 e. The van der Waals surface area contributed by atoms with Gasteiger partial charge in [-0.2, -0.15) is 0 Å². The first-order valence-corrected chi connectivity index (χ1v) is 6.50. The van der Waals surface area contributed by atoms with Crippen LogP contribution in [0.1, 0.15) is 12.8 Å². The van der Waals surface area contributed by atoms with E-state index in [0.29, 0.717) is 6.10 Å². The molecule has 2 heterocycles. The third-order valence-corrected chi connectivity index (χ3v) is 3.65. The van der Waals surface area contributed by atoms with Gasteiger partial charge in [0.1, 0.15) is 5.52 Å². The molecule has 0 amide bonds. The van der Waals surface area contributed by atoms with Gasteiger partial charge in [-0.1, -0.05) is 23.9 Å². The van der Waals surface area contributed by atoms with Crippen molar-refractivity contribution in [3.05, 3.63) is 24.3 Å². The van der Waals surface area contributed by atoms with Gasteiger partial charge in [-0.3, -0.25) is 0 Å². The highest BCUT2D eigenvalue weighted by molar-refractivity contribution is 7.99. The molecule has 0 saturated carbocycles. The van der Waals surface area contributed by atoms with Crippen LogP contribution in [0, 0.1) is 0 Å². The maximum Gasteiger partial charge on any atom is 0.256 e. The number of rotatable bonds is 3. The van der Waals surface area contributed by atoms with Gasteiger partial charge in [0.25, 0.3) is 5.22 Å². The molecule has 4 heteroatoms. The molecule has 1 fully saturated rings. The standard InChI is InChI=1S/C12H13NO2S/c1-2-6-11-10(5-1)13-12(15-11)16-8-9-4-3-7-14-9/h1-2,5-6,9H,3-4,7-8H2. The maximum absolute atomic E-state index is 5.62. The number of hydrogen-bond donors (Lipinski definition) is 0. The molecule has 0 radical (unpaired) electrons. The van der Waals surface area contributed by atoms with Gasteiger partial charge in [0.2, 0.25) is 0 Å². The van der Waals surface area contributed by atoms with Crippen LogP contribution in [0.3, 0.4) is 0 Å². The van der Waals surface area contributed by atoms with Gasteiger partial charge in [-0.25, -0.2) is 4.98 Å². The van der Waals surface area contributed by atoms with Crippen LogP contribution in [0.25, 0.3) is 11.1 Å². The van der Waals surface area contributed by atoms with E-state index in [1.807, 2.05) is 24.3 Å². The van der Waals surface area contributed by atoms with Crippen molar-refractivity contribution in [2.75, 3.05) is 12.4 Å². The van der Waals surface area contributed by atoms with Gasteiger partial charge in [-0.15, -0.1) is 0 Å². The van der Waals surface area contributed by atoms with E-state index in [2.05, 4.69) is 4.98 Å². The van der Waals surface area contributed by atoms with Crippen molar-refractivity contribution in [3.8, 4) is 0 Å². The molecular formula is C12H13NO2S. The van der Waals surface area contributed by atoms with Gasteiger partial charge >= 0.3 is 0 Å². The van der Waals surface area contributed by atoms with Crippen molar-refractivity contribution in [3.63, 3.8) is 0 Å². The fraction of sp³-hybridized carbons (Fsp3) is 0.417. The summed E-state index contributed by atoms with van der Waals surface area (Å²) in [5, 5.41) is 0.747. The Kier molecular flexibility index (Phi) is 2.84. The topological polar surface area (TPSA) is 35.3 Å². The number of fused-ring (bicyclic) bond motifs is 1. The molecule has 1 aromatic carbocycles. The molecule has 1 saturated heterocycles. The lowest BCUT2D eigenvalue weighted by molar-refractivity contribution is 0.128. The Bertz CT molecular complexity index is 444. The SMILES string of the molecule is c1ccc2oc(SCC3CCCO3)nc2c1. The Morgan fingerprint density at radius 3 is 3.12 bits per heavy atom. The molecule has 0 aliphatic carbocycles. The Labute approximate surface area is 98.2 Å². The van der Waals surface area contributed by atoms with E-state index in [4.69, 9.17) is 9.15 Å². The van der Waals surface area contributed by atoms with Gasteiger partial charge in [-0.05, 0) is 25.0 Å². The molecule has 2 aromatic rings. The van der Waals surface area contributed by atoms with E-state index < -0.39 is 0 Å². The molecule has 0 spiro atoms. The monoisotopic (exact) mass is 235 g/mol. The summed E-state index contributed by atoms with van der Waals surface area (Å²) >= 11 is 1.64. The summed E-state index contributed by atoms with van der Waals surface area (Å²) < 4.78 is 11.2. The van der Waals surface area contributed by atoms with E-state index in [9.17, 15) is 0 Å². The van der Waals surface area contributed by atoms with E-state index >= 15 is 0 Å². The number of benzene rings is 1. The van der Waals surface area contributed by atoms with E-state index in [0.717, 1.165) is 35.1 Å². The van der Waals surface area contributed by atoms with Crippen LogP contribution in [0.5, 0.6) is 0 Å². The van der Waals surface area contributed by atoms with Crippen LogP contribution in [0.2, 0.25) is 0 Å².